The maximum Gasteiger partial charge on any atom is 0.419 e. The van der Waals surface area contributed by atoms with E-state index < -0.39 is 80.4 Å². The van der Waals surface area contributed by atoms with Crippen molar-refractivity contribution in [3.05, 3.63) is 64.0 Å². The number of amides is 2. The highest BCUT2D eigenvalue weighted by Gasteiger charge is 2.45. The number of ether oxygens (including phenoxy) is 3. The van der Waals surface area contributed by atoms with E-state index in [1.807, 2.05) is 0 Å². The first-order valence-corrected chi connectivity index (χ1v) is 15.2. The van der Waals surface area contributed by atoms with Gasteiger partial charge in [0, 0.05) is 13.1 Å². The van der Waals surface area contributed by atoms with Crippen molar-refractivity contribution in [2.45, 2.75) is 83.6 Å². The van der Waals surface area contributed by atoms with Crippen LogP contribution >= 0.6 is 0 Å². The highest BCUT2D eigenvalue weighted by molar-refractivity contribution is 6.00. The number of likely N-dealkylation sites (tertiary alicyclic amines) is 1. The van der Waals surface area contributed by atoms with Gasteiger partial charge in [-0.1, -0.05) is 0 Å². The molecule has 2 saturated heterocycles. The van der Waals surface area contributed by atoms with Crippen molar-refractivity contribution in [2.24, 2.45) is 0 Å². The third-order valence-electron chi connectivity index (χ3n) is 8.01. The Kier molecular flexibility index (Phi) is 8.74. The molecule has 3 aromatic rings. The molecule has 2 fully saturated rings. The Morgan fingerprint density at radius 3 is 2.28 bits per heavy atom. The molecule has 0 N–H and O–H groups in total. The van der Waals surface area contributed by atoms with Gasteiger partial charge in [-0.15, -0.1) is 0 Å². The number of hydrogen-bond acceptors (Lipinski definition) is 8. The van der Waals surface area contributed by atoms with Crippen LogP contribution in [0.15, 0.2) is 35.4 Å². The highest BCUT2D eigenvalue weighted by atomic mass is 19.1. The van der Waals surface area contributed by atoms with E-state index in [4.69, 9.17) is 14.2 Å². The second kappa shape index (κ2) is 12.2. The van der Waals surface area contributed by atoms with Gasteiger partial charge in [0.1, 0.15) is 45.5 Å². The quantitative estimate of drug-likeness (QED) is 0.314. The van der Waals surface area contributed by atoms with Crippen molar-refractivity contribution in [1.29, 1.82) is 5.26 Å². The summed E-state index contributed by atoms with van der Waals surface area (Å²) < 4.78 is 64.7. The Bertz CT molecular complexity index is 1830. The van der Waals surface area contributed by atoms with Crippen molar-refractivity contribution in [1.82, 2.24) is 14.5 Å². The van der Waals surface area contributed by atoms with Gasteiger partial charge in [-0.3, -0.25) is 9.36 Å². The van der Waals surface area contributed by atoms with Crippen LogP contribution in [0.5, 0.6) is 0 Å². The van der Waals surface area contributed by atoms with Gasteiger partial charge in [0.05, 0.1) is 35.8 Å². The lowest BCUT2D eigenvalue weighted by molar-refractivity contribution is -0.0486. The van der Waals surface area contributed by atoms with E-state index >= 15 is 8.78 Å². The van der Waals surface area contributed by atoms with Gasteiger partial charge in [0.25, 0.3) is 5.56 Å². The van der Waals surface area contributed by atoms with Crippen LogP contribution in [0.4, 0.5) is 34.1 Å². The number of benzene rings is 2. The van der Waals surface area contributed by atoms with E-state index in [-0.39, 0.29) is 12.1 Å². The maximum atomic E-state index is 16.5. The topological polar surface area (TPSA) is 127 Å². The first-order chi connectivity index (χ1) is 21.9. The molecule has 1 aromatic heterocycles. The molecule has 0 unspecified atom stereocenters. The van der Waals surface area contributed by atoms with E-state index in [9.17, 15) is 24.0 Å². The van der Waals surface area contributed by atoms with Gasteiger partial charge in [-0.2, -0.15) is 5.26 Å². The zero-order valence-corrected chi connectivity index (χ0v) is 27.0. The Hall–Kier alpha value is -4.64. The van der Waals surface area contributed by atoms with Gasteiger partial charge >= 0.3 is 12.2 Å². The average Bonchev–Trinajstić information content (AvgIpc) is 3.37. The Morgan fingerprint density at radius 1 is 1.02 bits per heavy atom. The first-order valence-electron chi connectivity index (χ1n) is 15.2. The molecule has 11 nitrogen and oxygen atoms in total. The van der Waals surface area contributed by atoms with Crippen molar-refractivity contribution in [2.75, 3.05) is 24.6 Å². The summed E-state index contributed by atoms with van der Waals surface area (Å²) in [5.41, 5.74) is -5.58. The minimum atomic E-state index is -1.30. The second-order valence-corrected chi connectivity index (χ2v) is 13.7. The molecule has 3 heterocycles. The Labute approximate surface area is 269 Å². The molecule has 1 spiro atoms. The summed E-state index contributed by atoms with van der Waals surface area (Å²) in [5.74, 6) is -3.58. The second-order valence-electron chi connectivity index (χ2n) is 13.7. The number of rotatable bonds is 3. The largest absolute Gasteiger partial charge is 0.444 e. The monoisotopic (exact) mass is 655 g/mol. The molecular weight excluding hydrogens is 619 g/mol. The number of nitriles is 1. The Morgan fingerprint density at radius 2 is 1.66 bits per heavy atom. The molecule has 0 radical (unpaired) electrons. The Balaban J connectivity index is 1.51. The molecule has 1 atom stereocenters. The molecule has 0 saturated carbocycles. The fourth-order valence-corrected chi connectivity index (χ4v) is 5.86. The molecule has 2 amide bonds. The summed E-state index contributed by atoms with van der Waals surface area (Å²) in [6.07, 6.45) is 0.977. The van der Waals surface area contributed by atoms with Gasteiger partial charge in [-0.05, 0) is 85.1 Å². The number of nitrogens with zero attached hydrogens (tertiary/aromatic N) is 5. The van der Waals surface area contributed by atoms with Crippen LogP contribution in [-0.4, -0.2) is 63.1 Å². The number of halogens is 3. The van der Waals surface area contributed by atoms with Crippen LogP contribution in [-0.2, 0) is 14.2 Å². The normalized spacial score (nSPS) is 17.9. The molecule has 47 heavy (non-hydrogen) atoms. The minimum absolute atomic E-state index is 0.0452. The van der Waals surface area contributed by atoms with Crippen LogP contribution in [0.3, 0.4) is 0 Å². The molecule has 14 heteroatoms. The van der Waals surface area contributed by atoms with E-state index in [1.54, 1.807) is 25.7 Å². The lowest BCUT2D eigenvalue weighted by Gasteiger charge is -2.39. The standard InChI is InChI=1S/C33H36F3N5O6/c1-31(2,3)46-29(43)39-13-11-33(12-14-39)15-19(17-45-33)40-18-38-23-9-10-24(26(36)25(23)28(40)42)41(30(44)47-32(4,5)6)27-20(16-37)21(34)7-8-22(27)35/h7-10,18-19H,11-15,17H2,1-6H3/t19-/m1/s1. The molecule has 250 valence electrons. The van der Waals surface area contributed by atoms with Gasteiger partial charge in [-0.25, -0.2) is 32.6 Å². The number of piperidine rings is 1. The molecular formula is C33H36F3N5O6. The van der Waals surface area contributed by atoms with Crippen molar-refractivity contribution >= 4 is 34.5 Å². The van der Waals surface area contributed by atoms with Crippen molar-refractivity contribution in [3.63, 3.8) is 0 Å². The first kappa shape index (κ1) is 33.7. The van der Waals surface area contributed by atoms with Gasteiger partial charge in [0.15, 0.2) is 5.82 Å². The average molecular weight is 656 g/mol. The molecule has 0 aliphatic carbocycles. The third-order valence-corrected chi connectivity index (χ3v) is 8.01. The van der Waals surface area contributed by atoms with Gasteiger partial charge < -0.3 is 19.1 Å². The predicted octanol–water partition coefficient (Wildman–Crippen LogP) is 6.49. The highest BCUT2D eigenvalue weighted by Crippen LogP contribution is 2.41. The van der Waals surface area contributed by atoms with E-state index in [0.717, 1.165) is 6.07 Å². The van der Waals surface area contributed by atoms with Gasteiger partial charge in [0.2, 0.25) is 0 Å². The van der Waals surface area contributed by atoms with E-state index in [2.05, 4.69) is 4.98 Å². The van der Waals surface area contributed by atoms with Crippen LogP contribution in [0.2, 0.25) is 0 Å². The summed E-state index contributed by atoms with van der Waals surface area (Å²) in [4.78, 5) is 46.1. The molecule has 0 bridgehead atoms. The zero-order chi connectivity index (χ0) is 34.5. The van der Waals surface area contributed by atoms with Crippen LogP contribution in [0, 0.1) is 28.8 Å². The number of carbonyl (C=O) groups is 2. The fraction of sp³-hybridized carbons (Fsp3) is 0.485. The smallest absolute Gasteiger partial charge is 0.419 e. The van der Waals surface area contributed by atoms with Crippen LogP contribution in [0.1, 0.15) is 72.4 Å². The molecule has 2 aromatic carbocycles. The van der Waals surface area contributed by atoms with E-state index in [0.29, 0.717) is 49.4 Å². The summed E-state index contributed by atoms with van der Waals surface area (Å²) in [6, 6.07) is 4.75. The van der Waals surface area contributed by atoms with Crippen LogP contribution in [0.25, 0.3) is 10.9 Å². The zero-order valence-electron chi connectivity index (χ0n) is 27.0. The third kappa shape index (κ3) is 6.76. The van der Waals surface area contributed by atoms with E-state index in [1.165, 1.54) is 43.8 Å². The number of fused-ring (bicyclic) bond motifs is 1. The summed E-state index contributed by atoms with van der Waals surface area (Å²) in [7, 11) is 0. The minimum Gasteiger partial charge on any atom is -0.444 e. The molecule has 2 aliphatic rings. The summed E-state index contributed by atoms with van der Waals surface area (Å²) in [6.45, 7) is 10.9. The lowest BCUT2D eigenvalue weighted by atomic mass is 9.87. The number of carbonyl (C=O) groups excluding carboxylic acids is 2. The number of aromatic nitrogens is 2. The summed E-state index contributed by atoms with van der Waals surface area (Å²) >= 11 is 0. The summed E-state index contributed by atoms with van der Waals surface area (Å²) in [5, 5.41) is 9.13. The fourth-order valence-electron chi connectivity index (χ4n) is 5.86. The molecule has 5 rings (SSSR count). The predicted molar refractivity (Wildman–Crippen MR) is 165 cm³/mol. The SMILES string of the molecule is CC(C)(C)OC(=O)N1CCC2(CC1)C[C@@H](n1cnc3ccc(N(C(=O)OC(C)(C)C)c4c(F)ccc(F)c4C#N)c(F)c3c1=O)CO2. The molecule has 2 aliphatic heterocycles. The van der Waals surface area contributed by atoms with Crippen LogP contribution < -0.4 is 10.5 Å². The van der Waals surface area contributed by atoms with Crippen molar-refractivity contribution in [3.8, 4) is 6.07 Å². The lowest BCUT2D eigenvalue weighted by Crippen LogP contribution is -2.48. The number of anilines is 2. The maximum absolute atomic E-state index is 16.5. The number of hydrogen-bond donors (Lipinski definition) is 0. The van der Waals surface area contributed by atoms with Crippen molar-refractivity contribution < 1.29 is 37.0 Å².